The Morgan fingerprint density at radius 1 is 0.939 bits per heavy atom. The highest BCUT2D eigenvalue weighted by molar-refractivity contribution is 5.93. The molecule has 0 radical (unpaired) electrons. The van der Waals surface area contributed by atoms with E-state index in [0.29, 0.717) is 12.4 Å². The molecular formula is C25H37N5O3. The zero-order valence-electron chi connectivity index (χ0n) is 19.8. The van der Waals surface area contributed by atoms with Gasteiger partial charge in [-0.2, -0.15) is 4.98 Å². The van der Waals surface area contributed by atoms with Crippen molar-refractivity contribution in [1.82, 2.24) is 14.9 Å². The molecular weight excluding hydrogens is 418 g/mol. The van der Waals surface area contributed by atoms with Crippen LogP contribution in [0.3, 0.4) is 0 Å². The standard InChI is InChI=1S/C25H37N5O3/c1-32-21-17-19-20(18-22(21)33-16-8-12-28-10-4-5-11-28)26-25(29-13-6-7-14-29)27-24(19)30-15-3-2-9-23(30)31/h17-18,23,31H,2-16H2,1H3. The van der Waals surface area contributed by atoms with Crippen molar-refractivity contribution in [3.63, 3.8) is 0 Å². The van der Waals surface area contributed by atoms with Gasteiger partial charge in [-0.3, -0.25) is 0 Å². The molecule has 180 valence electrons. The third kappa shape index (κ3) is 4.96. The highest BCUT2D eigenvalue weighted by Crippen LogP contribution is 2.38. The number of aromatic nitrogens is 2. The summed E-state index contributed by atoms with van der Waals surface area (Å²) >= 11 is 0. The number of anilines is 2. The minimum atomic E-state index is -0.518. The van der Waals surface area contributed by atoms with Gasteiger partial charge in [0.05, 0.1) is 19.2 Å². The Labute approximate surface area is 196 Å². The van der Waals surface area contributed by atoms with Gasteiger partial charge in [0.15, 0.2) is 11.5 Å². The van der Waals surface area contributed by atoms with E-state index in [1.807, 2.05) is 17.0 Å². The average molecular weight is 456 g/mol. The second-order valence-corrected chi connectivity index (χ2v) is 9.48. The van der Waals surface area contributed by atoms with E-state index in [9.17, 15) is 5.11 Å². The molecule has 3 aliphatic rings. The SMILES string of the molecule is COc1cc2c(N3CCCCC3O)nc(N3CCCC3)nc2cc1OCCCN1CCCC1. The van der Waals surface area contributed by atoms with Crippen LogP contribution in [0.5, 0.6) is 11.5 Å². The van der Waals surface area contributed by atoms with E-state index in [1.165, 1.54) is 25.9 Å². The maximum absolute atomic E-state index is 10.7. The summed E-state index contributed by atoms with van der Waals surface area (Å²) in [5.74, 6) is 2.96. The molecule has 8 nitrogen and oxygen atoms in total. The maximum Gasteiger partial charge on any atom is 0.227 e. The first-order valence-electron chi connectivity index (χ1n) is 12.7. The molecule has 8 heteroatoms. The number of aliphatic hydroxyl groups excluding tert-OH is 1. The zero-order valence-corrected chi connectivity index (χ0v) is 19.8. The molecule has 1 unspecified atom stereocenters. The number of hydrogen-bond donors (Lipinski definition) is 1. The number of rotatable bonds is 8. The van der Waals surface area contributed by atoms with Gasteiger partial charge >= 0.3 is 0 Å². The minimum Gasteiger partial charge on any atom is -0.493 e. The fourth-order valence-corrected chi connectivity index (χ4v) is 5.30. The van der Waals surface area contributed by atoms with Crippen LogP contribution in [0.1, 0.15) is 51.4 Å². The first kappa shape index (κ1) is 22.5. The van der Waals surface area contributed by atoms with Crippen molar-refractivity contribution in [2.75, 3.05) is 62.8 Å². The van der Waals surface area contributed by atoms with Crippen LogP contribution in [0.4, 0.5) is 11.8 Å². The van der Waals surface area contributed by atoms with Crippen LogP contribution in [0, 0.1) is 0 Å². The number of ether oxygens (including phenoxy) is 2. The molecule has 3 fully saturated rings. The lowest BCUT2D eigenvalue weighted by atomic mass is 10.1. The summed E-state index contributed by atoms with van der Waals surface area (Å²) < 4.78 is 11.9. The Bertz CT molecular complexity index is 943. The second kappa shape index (κ2) is 10.3. The first-order chi connectivity index (χ1) is 16.2. The summed E-state index contributed by atoms with van der Waals surface area (Å²) in [7, 11) is 1.67. The average Bonchev–Trinajstić information content (AvgIpc) is 3.56. The number of likely N-dealkylation sites (tertiary alicyclic amines) is 1. The number of benzene rings is 1. The maximum atomic E-state index is 10.7. The van der Waals surface area contributed by atoms with Gasteiger partial charge in [0.2, 0.25) is 5.95 Å². The molecule has 1 aromatic heterocycles. The summed E-state index contributed by atoms with van der Waals surface area (Å²) in [6, 6.07) is 3.97. The van der Waals surface area contributed by atoms with E-state index >= 15 is 0 Å². The van der Waals surface area contributed by atoms with E-state index in [2.05, 4.69) is 9.80 Å². The van der Waals surface area contributed by atoms with Crippen molar-refractivity contribution >= 4 is 22.7 Å². The van der Waals surface area contributed by atoms with E-state index in [1.54, 1.807) is 7.11 Å². The molecule has 0 amide bonds. The van der Waals surface area contributed by atoms with Gasteiger partial charge in [0, 0.05) is 37.6 Å². The Morgan fingerprint density at radius 2 is 1.70 bits per heavy atom. The van der Waals surface area contributed by atoms with E-state index < -0.39 is 6.23 Å². The molecule has 2 aromatic rings. The highest BCUT2D eigenvalue weighted by Gasteiger charge is 2.27. The summed E-state index contributed by atoms with van der Waals surface area (Å²) in [4.78, 5) is 16.7. The molecule has 3 aliphatic heterocycles. The quantitative estimate of drug-likeness (QED) is 0.607. The van der Waals surface area contributed by atoms with Crippen molar-refractivity contribution < 1.29 is 14.6 Å². The zero-order chi connectivity index (χ0) is 22.6. The largest absolute Gasteiger partial charge is 0.493 e. The monoisotopic (exact) mass is 455 g/mol. The Morgan fingerprint density at radius 3 is 2.45 bits per heavy atom. The van der Waals surface area contributed by atoms with Gasteiger partial charge in [0.25, 0.3) is 0 Å². The number of aliphatic hydroxyl groups is 1. The van der Waals surface area contributed by atoms with Crippen LogP contribution in [0.25, 0.3) is 10.9 Å². The van der Waals surface area contributed by atoms with Crippen LogP contribution >= 0.6 is 0 Å². The lowest BCUT2D eigenvalue weighted by Gasteiger charge is -2.34. The van der Waals surface area contributed by atoms with Crippen LogP contribution in [0.15, 0.2) is 12.1 Å². The molecule has 0 saturated carbocycles. The number of piperidine rings is 1. The summed E-state index contributed by atoms with van der Waals surface area (Å²) in [6.07, 6.45) is 8.29. The Hall–Kier alpha value is -2.32. The topological polar surface area (TPSA) is 74.2 Å². The molecule has 1 aromatic carbocycles. The third-order valence-corrected chi connectivity index (χ3v) is 7.16. The van der Waals surface area contributed by atoms with Crippen LogP contribution < -0.4 is 19.3 Å². The Balaban J connectivity index is 1.45. The molecule has 33 heavy (non-hydrogen) atoms. The van der Waals surface area contributed by atoms with Gasteiger partial charge < -0.3 is 29.3 Å². The summed E-state index contributed by atoms with van der Waals surface area (Å²) in [5.41, 5.74) is 0.843. The molecule has 3 saturated heterocycles. The lowest BCUT2D eigenvalue weighted by Crippen LogP contribution is -2.40. The third-order valence-electron chi connectivity index (χ3n) is 7.16. The van der Waals surface area contributed by atoms with Crippen molar-refractivity contribution in [1.29, 1.82) is 0 Å². The van der Waals surface area contributed by atoms with Crippen LogP contribution in [0.2, 0.25) is 0 Å². The van der Waals surface area contributed by atoms with Crippen molar-refractivity contribution in [3.05, 3.63) is 12.1 Å². The molecule has 0 spiro atoms. The van der Waals surface area contributed by atoms with Gasteiger partial charge in [-0.25, -0.2) is 4.98 Å². The number of hydrogen-bond acceptors (Lipinski definition) is 8. The van der Waals surface area contributed by atoms with Crippen LogP contribution in [-0.2, 0) is 0 Å². The van der Waals surface area contributed by atoms with Crippen LogP contribution in [-0.4, -0.2) is 79.2 Å². The second-order valence-electron chi connectivity index (χ2n) is 9.48. The molecule has 0 aliphatic carbocycles. The predicted octanol–water partition coefficient (Wildman–Crippen LogP) is 3.41. The normalized spacial score (nSPS) is 21.8. The van der Waals surface area contributed by atoms with E-state index in [-0.39, 0.29) is 0 Å². The molecule has 1 N–H and O–H groups in total. The van der Waals surface area contributed by atoms with Gasteiger partial charge in [-0.1, -0.05) is 0 Å². The van der Waals surface area contributed by atoms with Crippen molar-refractivity contribution in [2.24, 2.45) is 0 Å². The smallest absolute Gasteiger partial charge is 0.227 e. The van der Waals surface area contributed by atoms with E-state index in [4.69, 9.17) is 19.4 Å². The van der Waals surface area contributed by atoms with E-state index in [0.717, 1.165) is 93.1 Å². The van der Waals surface area contributed by atoms with Crippen molar-refractivity contribution in [2.45, 2.75) is 57.6 Å². The van der Waals surface area contributed by atoms with Crippen molar-refractivity contribution in [3.8, 4) is 11.5 Å². The molecule has 4 heterocycles. The number of fused-ring (bicyclic) bond motifs is 1. The molecule has 0 bridgehead atoms. The van der Waals surface area contributed by atoms with Gasteiger partial charge in [-0.15, -0.1) is 0 Å². The fraction of sp³-hybridized carbons (Fsp3) is 0.680. The van der Waals surface area contributed by atoms with Gasteiger partial charge in [0.1, 0.15) is 12.0 Å². The Kier molecular flexibility index (Phi) is 7.02. The lowest BCUT2D eigenvalue weighted by molar-refractivity contribution is 0.139. The summed E-state index contributed by atoms with van der Waals surface area (Å²) in [6.45, 7) is 6.90. The molecule has 1 atom stereocenters. The number of methoxy groups -OCH3 is 1. The minimum absolute atomic E-state index is 0.518. The molecule has 5 rings (SSSR count). The first-order valence-corrected chi connectivity index (χ1v) is 12.7. The fourth-order valence-electron chi connectivity index (χ4n) is 5.30. The number of nitrogens with zero attached hydrogens (tertiary/aromatic N) is 5. The van der Waals surface area contributed by atoms with Gasteiger partial charge in [-0.05, 0) is 70.5 Å². The highest BCUT2D eigenvalue weighted by atomic mass is 16.5. The predicted molar refractivity (Wildman–Crippen MR) is 131 cm³/mol. The summed E-state index contributed by atoms with van der Waals surface area (Å²) in [5, 5.41) is 11.6.